The van der Waals surface area contributed by atoms with E-state index in [0.29, 0.717) is 10.6 Å². The van der Waals surface area contributed by atoms with Gasteiger partial charge in [0.25, 0.3) is 0 Å². The third kappa shape index (κ3) is 2.92. The Kier molecular flexibility index (Phi) is 3.53. The van der Waals surface area contributed by atoms with Crippen molar-refractivity contribution >= 4 is 17.6 Å². The fourth-order valence-electron chi connectivity index (χ4n) is 0.784. The maximum Gasteiger partial charge on any atom is 0.342 e. The number of rotatable bonds is 2. The second-order valence-electron chi connectivity index (χ2n) is 2.38. The lowest BCUT2D eigenvalue weighted by Gasteiger charge is -1.98. The number of carbonyl (C=O) groups is 1. The number of esters is 1. The summed E-state index contributed by atoms with van der Waals surface area (Å²) >= 11 is 5.65. The van der Waals surface area contributed by atoms with Gasteiger partial charge in [0, 0.05) is 5.02 Å². The fraction of sp³-hybridized carbons (Fsp3) is 0.100. The van der Waals surface area contributed by atoms with E-state index in [1.54, 1.807) is 37.3 Å². The Bertz CT molecular complexity index is 314. The number of hydrogen-bond donors (Lipinski definition) is 0. The van der Waals surface area contributed by atoms with Crippen molar-refractivity contribution in [3.63, 3.8) is 0 Å². The van der Waals surface area contributed by atoms with Crippen molar-refractivity contribution in [3.8, 4) is 0 Å². The molecule has 68 valence electrons. The van der Waals surface area contributed by atoms with E-state index in [1.165, 1.54) is 6.26 Å². The van der Waals surface area contributed by atoms with Crippen LogP contribution in [0.4, 0.5) is 0 Å². The van der Waals surface area contributed by atoms with Crippen LogP contribution in [0.25, 0.3) is 0 Å². The van der Waals surface area contributed by atoms with Gasteiger partial charge in [0.1, 0.15) is 0 Å². The fourth-order valence-corrected chi connectivity index (χ4v) is 0.910. The minimum Gasteiger partial charge on any atom is -0.431 e. The molecule has 0 radical (unpaired) electrons. The maximum absolute atomic E-state index is 11.2. The quantitative estimate of drug-likeness (QED) is 0.537. The standard InChI is InChI=1S/C10H9ClO2/c1-2-7-13-10(12)8-3-5-9(11)6-4-8/h2-7H,1H3. The third-order valence-electron chi connectivity index (χ3n) is 1.39. The van der Waals surface area contributed by atoms with Crippen molar-refractivity contribution in [2.75, 3.05) is 0 Å². The normalized spacial score (nSPS) is 10.3. The summed E-state index contributed by atoms with van der Waals surface area (Å²) in [6.07, 6.45) is 2.99. The summed E-state index contributed by atoms with van der Waals surface area (Å²) < 4.78 is 4.75. The van der Waals surface area contributed by atoms with E-state index in [1.807, 2.05) is 0 Å². The number of benzene rings is 1. The van der Waals surface area contributed by atoms with Gasteiger partial charge in [-0.3, -0.25) is 0 Å². The summed E-state index contributed by atoms with van der Waals surface area (Å²) in [4.78, 5) is 11.2. The molecule has 1 aromatic rings. The highest BCUT2D eigenvalue weighted by atomic mass is 35.5. The number of ether oxygens (including phenoxy) is 1. The first-order valence-electron chi connectivity index (χ1n) is 3.81. The molecule has 0 aliphatic heterocycles. The summed E-state index contributed by atoms with van der Waals surface area (Å²) in [5.74, 6) is -0.380. The van der Waals surface area contributed by atoms with Crippen LogP contribution in [-0.2, 0) is 4.74 Å². The summed E-state index contributed by atoms with van der Waals surface area (Å²) in [7, 11) is 0. The SMILES string of the molecule is CC=COC(=O)c1ccc(Cl)cc1. The van der Waals surface area contributed by atoms with E-state index in [4.69, 9.17) is 16.3 Å². The van der Waals surface area contributed by atoms with Gasteiger partial charge in [-0.05, 0) is 31.2 Å². The predicted octanol–water partition coefficient (Wildman–Crippen LogP) is 3.03. The molecule has 0 spiro atoms. The molecule has 0 atom stereocenters. The molecule has 0 heterocycles. The van der Waals surface area contributed by atoms with Crippen LogP contribution < -0.4 is 0 Å². The predicted molar refractivity (Wildman–Crippen MR) is 51.7 cm³/mol. The highest BCUT2D eigenvalue weighted by Crippen LogP contribution is 2.10. The number of allylic oxidation sites excluding steroid dienone is 1. The number of carbonyl (C=O) groups excluding carboxylic acids is 1. The van der Waals surface area contributed by atoms with Gasteiger partial charge in [-0.15, -0.1) is 0 Å². The van der Waals surface area contributed by atoms with E-state index in [2.05, 4.69) is 0 Å². The van der Waals surface area contributed by atoms with E-state index in [9.17, 15) is 4.79 Å². The van der Waals surface area contributed by atoms with E-state index < -0.39 is 0 Å². The molecule has 0 aliphatic rings. The van der Waals surface area contributed by atoms with Gasteiger partial charge >= 0.3 is 5.97 Å². The minimum absolute atomic E-state index is 0.380. The molecule has 1 aromatic carbocycles. The lowest BCUT2D eigenvalue weighted by atomic mass is 10.2. The molecular formula is C10H9ClO2. The average molecular weight is 197 g/mol. The second-order valence-corrected chi connectivity index (χ2v) is 2.82. The Hall–Kier alpha value is -1.28. The third-order valence-corrected chi connectivity index (χ3v) is 1.64. The summed E-state index contributed by atoms with van der Waals surface area (Å²) in [5.41, 5.74) is 0.488. The number of hydrogen-bond acceptors (Lipinski definition) is 2. The van der Waals surface area contributed by atoms with Crippen molar-refractivity contribution < 1.29 is 9.53 Å². The smallest absolute Gasteiger partial charge is 0.342 e. The molecular weight excluding hydrogens is 188 g/mol. The van der Waals surface area contributed by atoms with Crippen LogP contribution in [-0.4, -0.2) is 5.97 Å². The zero-order valence-corrected chi connectivity index (χ0v) is 7.91. The molecule has 0 unspecified atom stereocenters. The van der Waals surface area contributed by atoms with Crippen molar-refractivity contribution in [2.24, 2.45) is 0 Å². The first-order valence-corrected chi connectivity index (χ1v) is 4.19. The lowest BCUT2D eigenvalue weighted by molar-refractivity contribution is 0.0662. The molecule has 0 amide bonds. The van der Waals surface area contributed by atoms with Crippen LogP contribution in [0.2, 0.25) is 5.02 Å². The molecule has 0 bridgehead atoms. The Labute approximate surface area is 81.8 Å². The van der Waals surface area contributed by atoms with Crippen molar-refractivity contribution in [1.29, 1.82) is 0 Å². The highest BCUT2D eigenvalue weighted by molar-refractivity contribution is 6.30. The summed E-state index contributed by atoms with van der Waals surface area (Å²) in [5, 5.41) is 0.600. The van der Waals surface area contributed by atoms with Crippen LogP contribution in [0.5, 0.6) is 0 Å². The molecule has 0 aliphatic carbocycles. The van der Waals surface area contributed by atoms with Crippen LogP contribution in [0.1, 0.15) is 17.3 Å². The van der Waals surface area contributed by atoms with Crippen molar-refractivity contribution in [2.45, 2.75) is 6.92 Å². The first kappa shape index (κ1) is 9.81. The summed E-state index contributed by atoms with van der Waals surface area (Å²) in [6.45, 7) is 1.77. The number of halogens is 1. The topological polar surface area (TPSA) is 26.3 Å². The zero-order chi connectivity index (χ0) is 9.68. The Balaban J connectivity index is 2.72. The monoisotopic (exact) mass is 196 g/mol. The molecule has 2 nitrogen and oxygen atoms in total. The van der Waals surface area contributed by atoms with Crippen LogP contribution in [0.15, 0.2) is 36.6 Å². The first-order chi connectivity index (χ1) is 6.24. The Morgan fingerprint density at radius 3 is 2.54 bits per heavy atom. The Morgan fingerprint density at radius 2 is 2.00 bits per heavy atom. The zero-order valence-electron chi connectivity index (χ0n) is 7.16. The van der Waals surface area contributed by atoms with Crippen LogP contribution >= 0.6 is 11.6 Å². The second kappa shape index (κ2) is 4.67. The van der Waals surface area contributed by atoms with Gasteiger partial charge in [0.2, 0.25) is 0 Å². The molecule has 1 rings (SSSR count). The lowest BCUT2D eigenvalue weighted by Crippen LogP contribution is -1.99. The van der Waals surface area contributed by atoms with Gasteiger partial charge in [-0.2, -0.15) is 0 Å². The van der Waals surface area contributed by atoms with E-state index >= 15 is 0 Å². The molecule has 3 heteroatoms. The van der Waals surface area contributed by atoms with Gasteiger partial charge in [0.05, 0.1) is 11.8 Å². The van der Waals surface area contributed by atoms with Gasteiger partial charge < -0.3 is 4.74 Å². The van der Waals surface area contributed by atoms with Gasteiger partial charge in [0.15, 0.2) is 0 Å². The Morgan fingerprint density at radius 1 is 1.38 bits per heavy atom. The highest BCUT2D eigenvalue weighted by Gasteiger charge is 2.03. The summed E-state index contributed by atoms with van der Waals surface area (Å²) in [6, 6.07) is 6.53. The van der Waals surface area contributed by atoms with Crippen molar-refractivity contribution in [1.82, 2.24) is 0 Å². The molecule has 0 fully saturated rings. The average Bonchev–Trinajstić information content (AvgIpc) is 2.15. The molecule has 0 saturated carbocycles. The van der Waals surface area contributed by atoms with Gasteiger partial charge in [-0.1, -0.05) is 17.7 Å². The van der Waals surface area contributed by atoms with E-state index in [-0.39, 0.29) is 5.97 Å². The van der Waals surface area contributed by atoms with Gasteiger partial charge in [-0.25, -0.2) is 4.79 Å². The molecule has 0 saturated heterocycles. The largest absolute Gasteiger partial charge is 0.431 e. The molecule has 0 N–H and O–H groups in total. The molecule has 13 heavy (non-hydrogen) atoms. The maximum atomic E-state index is 11.2. The van der Waals surface area contributed by atoms with Crippen molar-refractivity contribution in [3.05, 3.63) is 47.2 Å². The van der Waals surface area contributed by atoms with Crippen LogP contribution in [0, 0.1) is 0 Å². The van der Waals surface area contributed by atoms with E-state index in [0.717, 1.165) is 0 Å². The molecule has 0 aromatic heterocycles. The van der Waals surface area contributed by atoms with Crippen LogP contribution in [0.3, 0.4) is 0 Å². The minimum atomic E-state index is -0.380.